The fourth-order valence-corrected chi connectivity index (χ4v) is 6.80. The molecule has 3 rings (SSSR count). The van der Waals surface area contributed by atoms with Crippen LogP contribution in [0.15, 0.2) is 29.2 Å². The maximum atomic E-state index is 13.0. The number of hydrogen-bond acceptors (Lipinski definition) is 8. The van der Waals surface area contributed by atoms with Gasteiger partial charge in [-0.2, -0.15) is 4.31 Å². The molecular formula is C25H33N3O7S2. The summed E-state index contributed by atoms with van der Waals surface area (Å²) in [5, 5.41) is 3.09. The molecule has 0 radical (unpaired) electrons. The predicted octanol–water partition coefficient (Wildman–Crippen LogP) is 4.11. The van der Waals surface area contributed by atoms with Crippen LogP contribution in [0.5, 0.6) is 0 Å². The summed E-state index contributed by atoms with van der Waals surface area (Å²) < 4.78 is 37.4. The Bertz CT molecular complexity index is 1240. The number of carbonyl (C=O) groups excluding carboxylic acids is 3. The van der Waals surface area contributed by atoms with Crippen molar-refractivity contribution >= 4 is 44.3 Å². The van der Waals surface area contributed by atoms with Crippen LogP contribution in [0.1, 0.15) is 64.8 Å². The van der Waals surface area contributed by atoms with Crippen molar-refractivity contribution in [1.82, 2.24) is 9.21 Å². The smallest absolute Gasteiger partial charge is 0.410 e. The molecule has 202 valence electrons. The van der Waals surface area contributed by atoms with Gasteiger partial charge in [0.05, 0.1) is 30.7 Å². The van der Waals surface area contributed by atoms with Gasteiger partial charge in [-0.05, 0) is 49.6 Å². The molecule has 0 atom stereocenters. The number of fused-ring (bicyclic) bond motifs is 1. The standard InChI is InChI=1S/C25H33N3O7S2/c1-5-8-14-28(6-2)37(32,33)18-11-9-17(10-12-18)22(29)26-23-21(24(30)34-4)19-13-15-27(16-20(19)36-23)25(31)35-7-3/h9-12H,5-8,13-16H2,1-4H3,(H,26,29). The van der Waals surface area contributed by atoms with Gasteiger partial charge in [-0.25, -0.2) is 18.0 Å². The minimum atomic E-state index is -3.66. The number of esters is 1. The molecule has 0 aliphatic carbocycles. The van der Waals surface area contributed by atoms with Crippen molar-refractivity contribution in [2.75, 3.05) is 38.7 Å². The number of carbonyl (C=O) groups is 3. The molecule has 1 N–H and O–H groups in total. The number of nitrogens with one attached hydrogen (secondary N) is 1. The summed E-state index contributed by atoms with van der Waals surface area (Å²) in [5.74, 6) is -1.07. The van der Waals surface area contributed by atoms with Gasteiger partial charge in [0.2, 0.25) is 10.0 Å². The molecule has 1 aromatic carbocycles. The lowest BCUT2D eigenvalue weighted by Crippen LogP contribution is -2.36. The zero-order valence-electron chi connectivity index (χ0n) is 21.5. The Labute approximate surface area is 221 Å². The van der Waals surface area contributed by atoms with Crippen molar-refractivity contribution in [2.24, 2.45) is 0 Å². The zero-order valence-corrected chi connectivity index (χ0v) is 23.2. The number of nitrogens with zero attached hydrogens (tertiary/aromatic N) is 2. The summed E-state index contributed by atoms with van der Waals surface area (Å²) in [6.45, 7) is 7.22. The number of thiophene rings is 1. The summed E-state index contributed by atoms with van der Waals surface area (Å²) in [5.41, 5.74) is 1.25. The van der Waals surface area contributed by atoms with Gasteiger partial charge in [-0.3, -0.25) is 4.79 Å². The first kappa shape index (κ1) is 28.6. The Morgan fingerprint density at radius 1 is 1.14 bits per heavy atom. The van der Waals surface area contributed by atoms with E-state index in [1.165, 1.54) is 47.0 Å². The first-order valence-electron chi connectivity index (χ1n) is 12.2. The minimum Gasteiger partial charge on any atom is -0.465 e. The third kappa shape index (κ3) is 6.31. The highest BCUT2D eigenvalue weighted by Crippen LogP contribution is 2.38. The lowest BCUT2D eigenvalue weighted by molar-refractivity contribution is 0.0600. The summed E-state index contributed by atoms with van der Waals surface area (Å²) in [7, 11) is -2.40. The van der Waals surface area contributed by atoms with Crippen LogP contribution in [0.4, 0.5) is 9.80 Å². The van der Waals surface area contributed by atoms with Crippen molar-refractivity contribution in [3.8, 4) is 0 Å². The summed E-state index contributed by atoms with van der Waals surface area (Å²) in [4.78, 5) is 40.2. The number of unbranched alkanes of at least 4 members (excludes halogenated alkanes) is 1. The number of methoxy groups -OCH3 is 1. The van der Waals surface area contributed by atoms with Gasteiger partial charge < -0.3 is 19.7 Å². The molecule has 0 bridgehead atoms. The molecule has 0 spiro atoms. The largest absolute Gasteiger partial charge is 0.465 e. The Kier molecular flexibility index (Phi) is 9.68. The number of anilines is 1. The highest BCUT2D eigenvalue weighted by atomic mass is 32.2. The van der Waals surface area contributed by atoms with Crippen LogP contribution >= 0.6 is 11.3 Å². The first-order valence-corrected chi connectivity index (χ1v) is 14.5. The molecule has 0 unspecified atom stereocenters. The van der Waals surface area contributed by atoms with E-state index >= 15 is 0 Å². The van der Waals surface area contributed by atoms with Crippen molar-refractivity contribution in [2.45, 2.75) is 51.5 Å². The normalized spacial score (nSPS) is 13.3. The molecule has 37 heavy (non-hydrogen) atoms. The van der Waals surface area contributed by atoms with Crippen molar-refractivity contribution < 1.29 is 32.3 Å². The van der Waals surface area contributed by atoms with E-state index in [9.17, 15) is 22.8 Å². The quantitative estimate of drug-likeness (QED) is 0.441. The van der Waals surface area contributed by atoms with Crippen LogP contribution in [0.25, 0.3) is 0 Å². The van der Waals surface area contributed by atoms with E-state index in [1.807, 2.05) is 6.92 Å². The highest BCUT2D eigenvalue weighted by Gasteiger charge is 2.31. The van der Waals surface area contributed by atoms with Gasteiger partial charge in [0.25, 0.3) is 5.91 Å². The molecule has 12 heteroatoms. The van der Waals surface area contributed by atoms with Gasteiger partial charge in [0, 0.05) is 30.1 Å². The molecule has 1 aliphatic heterocycles. The fraction of sp³-hybridized carbons (Fsp3) is 0.480. The van der Waals surface area contributed by atoms with E-state index in [1.54, 1.807) is 18.7 Å². The first-order chi connectivity index (χ1) is 17.7. The highest BCUT2D eigenvalue weighted by molar-refractivity contribution is 7.89. The Hall–Kier alpha value is -2.96. The maximum absolute atomic E-state index is 13.0. The van der Waals surface area contributed by atoms with E-state index in [4.69, 9.17) is 9.47 Å². The monoisotopic (exact) mass is 551 g/mol. The van der Waals surface area contributed by atoms with Crippen LogP contribution in [-0.2, 0) is 32.5 Å². The Balaban J connectivity index is 1.83. The lowest BCUT2D eigenvalue weighted by Gasteiger charge is -2.26. The average Bonchev–Trinajstić information content (AvgIpc) is 3.25. The second-order valence-electron chi connectivity index (χ2n) is 8.40. The van der Waals surface area contributed by atoms with Crippen molar-refractivity contribution in [3.63, 3.8) is 0 Å². The van der Waals surface area contributed by atoms with E-state index < -0.39 is 28.0 Å². The Morgan fingerprint density at radius 3 is 2.43 bits per heavy atom. The number of amides is 2. The maximum Gasteiger partial charge on any atom is 0.410 e. The van der Waals surface area contributed by atoms with Crippen LogP contribution in [0.3, 0.4) is 0 Å². The molecule has 1 aliphatic rings. The van der Waals surface area contributed by atoms with Gasteiger partial charge >= 0.3 is 12.1 Å². The second kappa shape index (κ2) is 12.5. The molecule has 0 fully saturated rings. The molecule has 0 saturated heterocycles. The van der Waals surface area contributed by atoms with Gasteiger partial charge in [0.1, 0.15) is 5.00 Å². The van der Waals surface area contributed by atoms with Crippen LogP contribution in [0.2, 0.25) is 0 Å². The van der Waals surface area contributed by atoms with Crippen molar-refractivity contribution in [3.05, 3.63) is 45.8 Å². The third-order valence-electron chi connectivity index (χ3n) is 6.07. The topological polar surface area (TPSA) is 122 Å². The number of rotatable bonds is 10. The predicted molar refractivity (Wildman–Crippen MR) is 141 cm³/mol. The van der Waals surface area contributed by atoms with Gasteiger partial charge in [0.15, 0.2) is 0 Å². The van der Waals surface area contributed by atoms with Crippen LogP contribution in [0, 0.1) is 0 Å². The molecule has 2 amide bonds. The molecule has 2 aromatic rings. The summed E-state index contributed by atoms with van der Waals surface area (Å²) in [6, 6.07) is 5.72. The summed E-state index contributed by atoms with van der Waals surface area (Å²) in [6.07, 6.45) is 1.63. The van der Waals surface area contributed by atoms with E-state index in [2.05, 4.69) is 5.32 Å². The number of hydrogen-bond donors (Lipinski definition) is 1. The van der Waals surface area contributed by atoms with Gasteiger partial charge in [-0.1, -0.05) is 20.3 Å². The van der Waals surface area contributed by atoms with E-state index in [0.717, 1.165) is 23.3 Å². The third-order valence-corrected chi connectivity index (χ3v) is 9.19. The SMILES string of the molecule is CCCCN(CC)S(=O)(=O)c1ccc(C(=O)Nc2sc3c(c2C(=O)OC)CCN(C(=O)OCC)C3)cc1. The minimum absolute atomic E-state index is 0.114. The number of benzene rings is 1. The van der Waals surface area contributed by atoms with Gasteiger partial charge in [-0.15, -0.1) is 11.3 Å². The summed E-state index contributed by atoms with van der Waals surface area (Å²) >= 11 is 1.20. The average molecular weight is 552 g/mol. The molecule has 2 heterocycles. The second-order valence-corrected chi connectivity index (χ2v) is 11.4. The molecule has 10 nitrogen and oxygen atoms in total. The van der Waals surface area contributed by atoms with Crippen LogP contribution in [-0.4, -0.2) is 68.9 Å². The number of ether oxygens (including phenoxy) is 2. The zero-order chi connectivity index (χ0) is 27.2. The molecule has 0 saturated carbocycles. The fourth-order valence-electron chi connectivity index (χ4n) is 4.07. The number of sulfonamides is 1. The Morgan fingerprint density at radius 2 is 1.84 bits per heavy atom. The lowest BCUT2D eigenvalue weighted by atomic mass is 10.0. The van der Waals surface area contributed by atoms with E-state index in [-0.39, 0.29) is 29.2 Å². The van der Waals surface area contributed by atoms with E-state index in [0.29, 0.717) is 31.1 Å². The van der Waals surface area contributed by atoms with Crippen molar-refractivity contribution in [1.29, 1.82) is 0 Å². The molecular weight excluding hydrogens is 518 g/mol. The van der Waals surface area contributed by atoms with Crippen LogP contribution < -0.4 is 5.32 Å². The molecule has 1 aromatic heterocycles.